The first-order valence-corrected chi connectivity index (χ1v) is 42.6. The first-order chi connectivity index (χ1) is 60.7. The van der Waals surface area contributed by atoms with Gasteiger partial charge in [-0.3, -0.25) is 0 Å². The molecule has 2 aromatic heterocycles. The average molecular weight is 1670 g/mol. The number of hydrogen-bond donors (Lipinski definition) is 0. The minimum atomic E-state index is -0.615. The Morgan fingerprint density at radius 3 is 0.920 bits per heavy atom. The normalized spacial score (nSPS) is 13.6. The molecule has 1 saturated heterocycles. The lowest BCUT2D eigenvalue weighted by atomic mass is 9.66. The fraction of sp³-hybridized carbons (Fsp3) is 0.0783. The molecule has 21 rings (SSSR count). The van der Waals surface area contributed by atoms with Gasteiger partial charge in [0.05, 0.1) is 68.1 Å². The van der Waals surface area contributed by atoms with Crippen molar-refractivity contribution in [1.29, 1.82) is 10.5 Å². The zero-order valence-electron chi connectivity index (χ0n) is 68.9. The Bertz CT molecular complexity index is 6960. The van der Waals surface area contributed by atoms with Crippen molar-refractivity contribution in [3.05, 3.63) is 485 Å². The van der Waals surface area contributed by atoms with Gasteiger partial charge in [0, 0.05) is 37.9 Å². The highest BCUT2D eigenvalue weighted by molar-refractivity contribution is 9.10. The molecule has 1 aliphatic heterocycles. The molecule has 10 heteroatoms. The van der Waals surface area contributed by atoms with Crippen LogP contribution in [0.2, 0.25) is 0 Å². The van der Waals surface area contributed by atoms with E-state index in [9.17, 15) is 10.5 Å². The van der Waals surface area contributed by atoms with Crippen LogP contribution in [0.15, 0.2) is 429 Å². The van der Waals surface area contributed by atoms with Crippen molar-refractivity contribution in [1.82, 2.24) is 19.9 Å². The summed E-state index contributed by atoms with van der Waals surface area (Å²) in [5, 5.41) is 19.9. The third kappa shape index (κ3) is 15.5. The summed E-state index contributed by atoms with van der Waals surface area (Å²) in [5.74, 6) is 1.41. The van der Waals surface area contributed by atoms with Crippen molar-refractivity contribution in [3.63, 3.8) is 0 Å². The molecular weight excluding hydrogens is 1590 g/mol. The summed E-state index contributed by atoms with van der Waals surface area (Å²) < 4.78 is 13.9. The van der Waals surface area contributed by atoms with E-state index in [0.29, 0.717) is 17.0 Å². The van der Waals surface area contributed by atoms with Crippen molar-refractivity contribution < 1.29 is 9.31 Å². The summed E-state index contributed by atoms with van der Waals surface area (Å²) >= 11 is 3.57. The number of nitriles is 2. The topological polar surface area (TPSA) is 118 Å². The van der Waals surface area contributed by atoms with Crippen LogP contribution >= 0.6 is 15.9 Å². The predicted octanol–water partition coefficient (Wildman–Crippen LogP) is 27.8. The molecule has 0 spiro atoms. The molecule has 0 N–H and O–H groups in total. The molecule has 3 heterocycles. The van der Waals surface area contributed by atoms with Crippen LogP contribution in [0.4, 0.5) is 0 Å². The Morgan fingerprint density at radius 2 is 0.536 bits per heavy atom. The molecule has 2 aliphatic carbocycles. The van der Waals surface area contributed by atoms with Gasteiger partial charge in [0.2, 0.25) is 0 Å². The van der Waals surface area contributed by atoms with Crippen LogP contribution in [0.3, 0.4) is 0 Å². The summed E-state index contributed by atoms with van der Waals surface area (Å²) in [6, 6.07) is 152. The lowest BCUT2D eigenvalue weighted by Crippen LogP contribution is -2.41. The van der Waals surface area contributed by atoms with E-state index in [1.807, 2.05) is 97.1 Å². The molecule has 0 amide bonds. The maximum Gasteiger partial charge on any atom is 0.494 e. The highest BCUT2D eigenvalue weighted by Crippen LogP contribution is 2.59. The predicted molar refractivity (Wildman–Crippen MR) is 514 cm³/mol. The summed E-state index contributed by atoms with van der Waals surface area (Å²) in [5.41, 5.74) is 30.8. The fourth-order valence-electron chi connectivity index (χ4n) is 17.8. The van der Waals surface area contributed by atoms with Gasteiger partial charge in [-0.05, 0) is 194 Å². The Hall–Kier alpha value is -14.9. The monoisotopic (exact) mass is 1670 g/mol. The molecule has 18 aromatic rings. The molecule has 3 aliphatic rings. The number of nitrogens with zero attached hydrogens (tertiary/aromatic N) is 6. The van der Waals surface area contributed by atoms with Crippen molar-refractivity contribution in [3.8, 4) is 136 Å². The molecule has 0 bridgehead atoms. The Labute approximate surface area is 740 Å². The van der Waals surface area contributed by atoms with Gasteiger partial charge in [-0.2, -0.15) is 10.5 Å². The number of hydrogen-bond acceptors (Lipinski definition) is 8. The maximum absolute atomic E-state index is 10.1. The molecule has 1 fully saturated rings. The Balaban J connectivity index is 0.000000135. The highest BCUT2D eigenvalue weighted by Gasteiger charge is 2.54. The van der Waals surface area contributed by atoms with E-state index in [0.717, 1.165) is 133 Å². The SMILES string of the molecule is Brc1cccc(-c2cc(-c3ccc(-c4ccccc4)cc3)nc(-c3ccccc3)n2)c1.C.CC1(C)OB(c2ccc3c(c2)C(c2ccccc2)(c2ccccc2)c2cc(C#N)ccc2-3)OC1(C)C.N#Cc1ccc2c(c1)C(c1ccccc1)(c1ccccc1)c1cc(-c3cccc(-c4cc(-c5ccc(-c6ccccc6)cc5)nc(-c5ccccc5)n4)c3)ccc1-2. The summed E-state index contributed by atoms with van der Waals surface area (Å²) in [6.07, 6.45) is 0. The zero-order chi connectivity index (χ0) is 84.4. The Kier molecular flexibility index (Phi) is 22.4. The second-order valence-corrected chi connectivity index (χ2v) is 33.4. The van der Waals surface area contributed by atoms with Crippen LogP contribution < -0.4 is 5.46 Å². The largest absolute Gasteiger partial charge is 0.494 e. The molecule has 0 radical (unpaired) electrons. The van der Waals surface area contributed by atoms with E-state index < -0.39 is 29.2 Å². The van der Waals surface area contributed by atoms with E-state index in [1.54, 1.807) is 0 Å². The molecule has 125 heavy (non-hydrogen) atoms. The van der Waals surface area contributed by atoms with Crippen LogP contribution in [0.25, 0.3) is 123 Å². The first kappa shape index (κ1) is 81.1. The van der Waals surface area contributed by atoms with Gasteiger partial charge in [0.25, 0.3) is 0 Å². The van der Waals surface area contributed by atoms with Crippen LogP contribution in [0.1, 0.15) is 90.8 Å². The number of aromatic nitrogens is 4. The van der Waals surface area contributed by atoms with Crippen molar-refractivity contribution >= 4 is 28.5 Å². The molecule has 8 nitrogen and oxygen atoms in total. The van der Waals surface area contributed by atoms with E-state index in [2.05, 4.69) is 383 Å². The first-order valence-electron chi connectivity index (χ1n) is 41.8. The highest BCUT2D eigenvalue weighted by atomic mass is 79.9. The summed E-state index contributed by atoms with van der Waals surface area (Å²) in [7, 11) is -0.456. The lowest BCUT2D eigenvalue weighted by molar-refractivity contribution is 0.00578. The van der Waals surface area contributed by atoms with E-state index in [1.165, 1.54) is 38.9 Å². The van der Waals surface area contributed by atoms with Gasteiger partial charge in [-0.15, -0.1) is 0 Å². The summed E-state index contributed by atoms with van der Waals surface area (Å²) in [6.45, 7) is 8.32. The second-order valence-electron chi connectivity index (χ2n) is 32.5. The quantitative estimate of drug-likeness (QED) is 0.0988. The molecule has 0 atom stereocenters. The van der Waals surface area contributed by atoms with Gasteiger partial charge in [0.1, 0.15) is 0 Å². The zero-order valence-corrected chi connectivity index (χ0v) is 70.5. The maximum atomic E-state index is 10.1. The fourth-order valence-corrected chi connectivity index (χ4v) is 18.2. The van der Waals surface area contributed by atoms with Gasteiger partial charge >= 0.3 is 7.12 Å². The van der Waals surface area contributed by atoms with Gasteiger partial charge in [-0.25, -0.2) is 19.9 Å². The third-order valence-electron chi connectivity index (χ3n) is 24.6. The number of benzene rings is 16. The number of halogens is 1. The molecule has 16 aromatic carbocycles. The standard InChI is InChI=1S/C54H35N3.C32H28BNO2.C28H19BrN2.CH4/c55-36-37-24-30-47-48-31-29-43(34-50(48)54(49(47)32-37,45-20-9-3-10-21-45)46-22-11-4-12-23-46)42-18-13-19-44(33-42)52-35-51(56-53(57-52)41-16-7-2-8-17-41)40-27-25-39(26-28-40)38-14-5-1-6-15-38;1-30(2)31(3,4)36-33(35-30)25-16-18-27-26-17-15-22(21-34)19-28(26)32(29(27)20-25,23-11-7-5-8-12-23)24-13-9-6-10-14-24;29-25-13-7-12-24(18-25)27-19-26(30-28(31-27)23-10-5-2-6-11-23)22-16-14-21(15-17-22)20-8-3-1-4-9-20;/h1-35H;5-20H,1-4H3;1-19H;1H4. The van der Waals surface area contributed by atoms with Crippen LogP contribution in [0.5, 0.6) is 0 Å². The molecule has 0 unspecified atom stereocenters. The second kappa shape index (κ2) is 34.6. The smallest absolute Gasteiger partial charge is 0.399 e. The van der Waals surface area contributed by atoms with Gasteiger partial charge < -0.3 is 9.31 Å². The average Bonchev–Trinajstić information content (AvgIpc) is 1.55. The number of fused-ring (bicyclic) bond motifs is 6. The molecule has 598 valence electrons. The lowest BCUT2D eigenvalue weighted by Gasteiger charge is -2.34. The van der Waals surface area contributed by atoms with Gasteiger partial charge in [-0.1, -0.05) is 387 Å². The van der Waals surface area contributed by atoms with Crippen molar-refractivity contribution in [2.24, 2.45) is 0 Å². The van der Waals surface area contributed by atoms with Gasteiger partial charge in [0.15, 0.2) is 11.6 Å². The third-order valence-corrected chi connectivity index (χ3v) is 25.1. The van der Waals surface area contributed by atoms with E-state index in [-0.39, 0.29) is 7.43 Å². The van der Waals surface area contributed by atoms with E-state index in [4.69, 9.17) is 29.2 Å². The number of rotatable bonds is 14. The van der Waals surface area contributed by atoms with Crippen molar-refractivity contribution in [2.45, 2.75) is 57.2 Å². The van der Waals surface area contributed by atoms with E-state index >= 15 is 0 Å². The minimum absolute atomic E-state index is 0. The van der Waals surface area contributed by atoms with Crippen LogP contribution in [-0.4, -0.2) is 38.3 Å². The summed E-state index contributed by atoms with van der Waals surface area (Å²) in [4.78, 5) is 20.0. The Morgan fingerprint density at radius 1 is 0.256 bits per heavy atom. The van der Waals surface area contributed by atoms with Crippen molar-refractivity contribution in [2.75, 3.05) is 0 Å². The minimum Gasteiger partial charge on any atom is -0.399 e. The van der Waals surface area contributed by atoms with Crippen LogP contribution in [0, 0.1) is 22.7 Å². The molecule has 0 saturated carbocycles. The van der Waals surface area contributed by atoms with Crippen LogP contribution in [-0.2, 0) is 20.1 Å². The molecular formula is C115H86BBrN6O2.